The van der Waals surface area contributed by atoms with E-state index in [1.807, 2.05) is 0 Å². The summed E-state index contributed by atoms with van der Waals surface area (Å²) in [6, 6.07) is 9.25. The van der Waals surface area contributed by atoms with Crippen LogP contribution >= 0.6 is 0 Å². The van der Waals surface area contributed by atoms with Crippen LogP contribution in [0.3, 0.4) is 0 Å². The predicted octanol–water partition coefficient (Wildman–Crippen LogP) is 0.260. The average molecular weight is 196 g/mol. The molecule has 0 bridgehead atoms. The van der Waals surface area contributed by atoms with E-state index < -0.39 is 0 Å². The zero-order valence-electron chi connectivity index (χ0n) is 8.16. The number of rotatable bonds is 2. The van der Waals surface area contributed by atoms with Crippen LogP contribution in [0.4, 0.5) is 0 Å². The summed E-state index contributed by atoms with van der Waals surface area (Å²) in [5.74, 6) is 1.69. The van der Waals surface area contributed by atoms with Gasteiger partial charge in [-0.15, -0.1) is 0 Å². The van der Waals surface area contributed by atoms with Crippen LogP contribution in [-0.4, -0.2) is 0 Å². The van der Waals surface area contributed by atoms with Crippen LogP contribution in [0.5, 0.6) is 0 Å². The Morgan fingerprint density at radius 1 is 1.00 bits per heavy atom. The van der Waals surface area contributed by atoms with Crippen LogP contribution in [0.15, 0.2) is 24.3 Å². The molecule has 0 spiro atoms. The van der Waals surface area contributed by atoms with Gasteiger partial charge in [-0.05, 0) is 24.3 Å². The van der Waals surface area contributed by atoms with Gasteiger partial charge in [-0.1, -0.05) is 29.8 Å². The fourth-order valence-electron chi connectivity index (χ4n) is 1.77. The first-order valence-electron chi connectivity index (χ1n) is 4.87. The number of benzene rings is 1. The van der Waals surface area contributed by atoms with Crippen LogP contribution in [0, 0.1) is 6.42 Å². The molecule has 0 heterocycles. The van der Waals surface area contributed by atoms with Crippen LogP contribution in [0.1, 0.15) is 42.2 Å². The fourth-order valence-corrected chi connectivity index (χ4v) is 1.77. The van der Waals surface area contributed by atoms with Crippen molar-refractivity contribution in [1.29, 1.82) is 0 Å². The van der Waals surface area contributed by atoms with Crippen molar-refractivity contribution in [2.75, 3.05) is 0 Å². The van der Waals surface area contributed by atoms with Crippen LogP contribution in [-0.2, 0) is 0 Å². The number of hydrogen-bond donors (Lipinski definition) is 0. The third kappa shape index (κ3) is 2.45. The standard InChI is InChI=1S/C12H13.K/c1-2-10(12-7-8-12)4-3-9(1)11-5-6-11;/h1-5,11-12H,6-8H2;/q-1;+1. The molecule has 0 nitrogen and oxygen atoms in total. The summed E-state index contributed by atoms with van der Waals surface area (Å²) >= 11 is 0. The van der Waals surface area contributed by atoms with Gasteiger partial charge in [0.2, 0.25) is 0 Å². The molecule has 1 atom stereocenters. The second kappa shape index (κ2) is 4.15. The van der Waals surface area contributed by atoms with Gasteiger partial charge in [0.15, 0.2) is 0 Å². The van der Waals surface area contributed by atoms with Gasteiger partial charge in [0.25, 0.3) is 0 Å². The minimum atomic E-state index is 0. The van der Waals surface area contributed by atoms with Gasteiger partial charge in [0.05, 0.1) is 0 Å². The van der Waals surface area contributed by atoms with Gasteiger partial charge < -0.3 is 6.42 Å². The Morgan fingerprint density at radius 2 is 1.54 bits per heavy atom. The Bertz CT molecular complexity index is 249. The quantitative estimate of drug-likeness (QED) is 0.470. The molecule has 13 heavy (non-hydrogen) atoms. The maximum absolute atomic E-state index is 2.37. The average Bonchev–Trinajstić information content (AvgIpc) is 2.98. The molecule has 1 aromatic carbocycles. The van der Waals surface area contributed by atoms with E-state index in [0.29, 0.717) is 0 Å². The molecule has 1 unspecified atom stereocenters. The zero-order valence-corrected chi connectivity index (χ0v) is 11.3. The minimum Gasteiger partial charge on any atom is -0.325 e. The van der Waals surface area contributed by atoms with Gasteiger partial charge >= 0.3 is 51.4 Å². The largest absolute Gasteiger partial charge is 1.00 e. The van der Waals surface area contributed by atoms with Gasteiger partial charge in [-0.3, -0.25) is 0 Å². The fraction of sp³-hybridized carbons (Fsp3) is 0.417. The molecule has 0 amide bonds. The van der Waals surface area contributed by atoms with E-state index in [1.54, 1.807) is 5.56 Å². The smallest absolute Gasteiger partial charge is 0.325 e. The third-order valence-electron chi connectivity index (χ3n) is 2.88. The Kier molecular flexibility index (Phi) is 3.32. The first-order chi connectivity index (χ1) is 5.93. The summed E-state index contributed by atoms with van der Waals surface area (Å²) in [6.07, 6.45) is 6.48. The summed E-state index contributed by atoms with van der Waals surface area (Å²) in [5.41, 5.74) is 3.07. The second-order valence-electron chi connectivity index (χ2n) is 4.02. The maximum Gasteiger partial charge on any atom is 1.00 e. The molecule has 0 radical (unpaired) electrons. The minimum absolute atomic E-state index is 0. The third-order valence-corrected chi connectivity index (χ3v) is 2.88. The van der Waals surface area contributed by atoms with Crippen molar-refractivity contribution in [1.82, 2.24) is 0 Å². The molecule has 62 valence electrons. The molecular weight excluding hydrogens is 183 g/mol. The second-order valence-corrected chi connectivity index (χ2v) is 4.02. The van der Waals surface area contributed by atoms with E-state index in [2.05, 4.69) is 30.7 Å². The molecule has 1 aromatic rings. The van der Waals surface area contributed by atoms with Gasteiger partial charge in [-0.25, -0.2) is 0 Å². The van der Waals surface area contributed by atoms with Crippen molar-refractivity contribution in [3.63, 3.8) is 0 Å². The molecule has 2 saturated carbocycles. The normalized spacial score (nSPS) is 25.1. The van der Waals surface area contributed by atoms with E-state index in [4.69, 9.17) is 0 Å². The molecule has 2 aliphatic carbocycles. The summed E-state index contributed by atoms with van der Waals surface area (Å²) in [4.78, 5) is 0. The van der Waals surface area contributed by atoms with Crippen molar-refractivity contribution < 1.29 is 51.4 Å². The number of hydrogen-bond acceptors (Lipinski definition) is 0. The summed E-state index contributed by atoms with van der Waals surface area (Å²) < 4.78 is 0. The predicted molar refractivity (Wildman–Crippen MR) is 50.1 cm³/mol. The molecule has 0 N–H and O–H groups in total. The van der Waals surface area contributed by atoms with Gasteiger partial charge in [0, 0.05) is 0 Å². The van der Waals surface area contributed by atoms with E-state index in [9.17, 15) is 0 Å². The zero-order chi connectivity index (χ0) is 7.97. The molecular formula is C12H13K. The van der Waals surface area contributed by atoms with E-state index in [0.717, 1.165) is 11.8 Å². The molecule has 2 fully saturated rings. The van der Waals surface area contributed by atoms with Crippen molar-refractivity contribution in [3.05, 3.63) is 41.8 Å². The monoisotopic (exact) mass is 196 g/mol. The topological polar surface area (TPSA) is 0 Å². The van der Waals surface area contributed by atoms with E-state index >= 15 is 0 Å². The van der Waals surface area contributed by atoms with Gasteiger partial charge in [0.1, 0.15) is 0 Å². The molecule has 3 rings (SSSR count). The van der Waals surface area contributed by atoms with Crippen molar-refractivity contribution >= 4 is 0 Å². The first kappa shape index (κ1) is 10.4. The Hall–Kier alpha value is 0.856. The van der Waals surface area contributed by atoms with E-state index in [-0.39, 0.29) is 51.4 Å². The Labute approximate surface area is 123 Å². The summed E-state index contributed by atoms with van der Waals surface area (Å²) in [7, 11) is 0. The van der Waals surface area contributed by atoms with Gasteiger partial charge in [-0.2, -0.15) is 12.3 Å². The summed E-state index contributed by atoms with van der Waals surface area (Å²) in [6.45, 7) is 0. The molecule has 0 saturated heterocycles. The van der Waals surface area contributed by atoms with Crippen molar-refractivity contribution in [2.24, 2.45) is 0 Å². The van der Waals surface area contributed by atoms with Crippen LogP contribution in [0.25, 0.3) is 0 Å². The Balaban J connectivity index is 0.000000653. The van der Waals surface area contributed by atoms with E-state index in [1.165, 1.54) is 24.8 Å². The first-order valence-corrected chi connectivity index (χ1v) is 4.87. The maximum atomic E-state index is 2.37. The molecule has 0 aromatic heterocycles. The van der Waals surface area contributed by atoms with Crippen molar-refractivity contribution in [2.45, 2.75) is 31.1 Å². The van der Waals surface area contributed by atoms with Crippen molar-refractivity contribution in [3.8, 4) is 0 Å². The SMILES string of the molecule is [K+].c1cc(C2CC2)ccc1C1[CH-]C1. The Morgan fingerprint density at radius 3 is 2.00 bits per heavy atom. The molecule has 1 heteroatoms. The molecule has 0 aliphatic heterocycles. The van der Waals surface area contributed by atoms with Crippen LogP contribution in [0.2, 0.25) is 0 Å². The van der Waals surface area contributed by atoms with Crippen LogP contribution < -0.4 is 51.4 Å². The molecule has 2 aliphatic rings. The summed E-state index contributed by atoms with van der Waals surface area (Å²) in [5, 5.41) is 0.